The molecule has 0 aliphatic heterocycles. The molecule has 0 unspecified atom stereocenters. The lowest BCUT2D eigenvalue weighted by atomic mass is 10.0. The number of aryl methyl sites for hydroxylation is 1. The van der Waals surface area contributed by atoms with Gasteiger partial charge in [0.1, 0.15) is 0 Å². The maximum Gasteiger partial charge on any atom is 0.0428 e. The number of hydrogen-bond donors (Lipinski definition) is 1. The Morgan fingerprint density at radius 3 is 2.53 bits per heavy atom. The van der Waals surface area contributed by atoms with Gasteiger partial charge in [-0.05, 0) is 18.6 Å². The number of rotatable bonds is 2. The van der Waals surface area contributed by atoms with E-state index in [1.807, 2.05) is 31.2 Å². The number of nitrogen functional groups attached to an aromatic ring is 1. The van der Waals surface area contributed by atoms with Gasteiger partial charge in [0.2, 0.25) is 0 Å². The highest BCUT2D eigenvalue weighted by atomic mass is 14.7. The predicted molar refractivity (Wildman–Crippen MR) is 62.6 cm³/mol. The van der Waals surface area contributed by atoms with E-state index in [2.05, 4.69) is 17.1 Å². The third-order valence-electron chi connectivity index (χ3n) is 2.53. The fraction of sp³-hybridized carbons (Fsp3) is 0.154. The summed E-state index contributed by atoms with van der Waals surface area (Å²) in [6, 6.07) is 12.2. The van der Waals surface area contributed by atoms with Crippen molar-refractivity contribution in [3.8, 4) is 0 Å². The Labute approximate surface area is 89.8 Å². The van der Waals surface area contributed by atoms with Gasteiger partial charge in [-0.15, -0.1) is 0 Å². The van der Waals surface area contributed by atoms with Crippen molar-refractivity contribution >= 4 is 5.69 Å². The SMILES string of the molecule is Cc1nccc(N)c1Cc1ccccc1. The molecule has 2 N–H and O–H groups in total. The fourth-order valence-corrected chi connectivity index (χ4v) is 1.65. The maximum atomic E-state index is 5.93. The summed E-state index contributed by atoms with van der Waals surface area (Å²) in [5.74, 6) is 0. The Morgan fingerprint density at radius 1 is 1.13 bits per heavy atom. The van der Waals surface area contributed by atoms with E-state index in [0.717, 1.165) is 23.4 Å². The first-order chi connectivity index (χ1) is 7.27. The van der Waals surface area contributed by atoms with Crippen molar-refractivity contribution in [1.29, 1.82) is 0 Å². The summed E-state index contributed by atoms with van der Waals surface area (Å²) in [4.78, 5) is 4.26. The summed E-state index contributed by atoms with van der Waals surface area (Å²) in [7, 11) is 0. The molecule has 0 amide bonds. The molecule has 15 heavy (non-hydrogen) atoms. The highest BCUT2D eigenvalue weighted by molar-refractivity contribution is 5.49. The molecule has 0 atom stereocenters. The van der Waals surface area contributed by atoms with Crippen LogP contribution in [0.1, 0.15) is 16.8 Å². The molecule has 0 aliphatic carbocycles. The van der Waals surface area contributed by atoms with Crippen molar-refractivity contribution in [2.45, 2.75) is 13.3 Å². The number of anilines is 1. The number of pyridine rings is 1. The molecule has 0 saturated carbocycles. The van der Waals surface area contributed by atoms with Crippen molar-refractivity contribution in [3.05, 3.63) is 59.4 Å². The second-order valence-electron chi connectivity index (χ2n) is 3.63. The van der Waals surface area contributed by atoms with E-state index >= 15 is 0 Å². The van der Waals surface area contributed by atoms with Crippen molar-refractivity contribution in [3.63, 3.8) is 0 Å². The zero-order chi connectivity index (χ0) is 10.7. The summed E-state index contributed by atoms with van der Waals surface area (Å²) in [5.41, 5.74) is 10.2. The first-order valence-corrected chi connectivity index (χ1v) is 5.01. The highest BCUT2D eigenvalue weighted by Crippen LogP contribution is 2.18. The van der Waals surface area contributed by atoms with Gasteiger partial charge in [-0.2, -0.15) is 0 Å². The zero-order valence-electron chi connectivity index (χ0n) is 8.77. The summed E-state index contributed by atoms with van der Waals surface area (Å²) in [6.07, 6.45) is 2.60. The molecule has 0 aliphatic rings. The molecule has 2 rings (SSSR count). The molecule has 1 aromatic heterocycles. The molecule has 76 valence electrons. The quantitative estimate of drug-likeness (QED) is 0.805. The van der Waals surface area contributed by atoms with Crippen LogP contribution in [-0.2, 0) is 6.42 Å². The minimum atomic E-state index is 0.825. The number of nitrogens with zero attached hydrogens (tertiary/aromatic N) is 1. The van der Waals surface area contributed by atoms with Crippen LogP contribution in [0.4, 0.5) is 5.69 Å². The van der Waals surface area contributed by atoms with E-state index in [0.29, 0.717) is 0 Å². The molecular weight excluding hydrogens is 184 g/mol. The lowest BCUT2D eigenvalue weighted by Gasteiger charge is -2.08. The smallest absolute Gasteiger partial charge is 0.0428 e. The topological polar surface area (TPSA) is 38.9 Å². The molecule has 2 aromatic rings. The summed E-state index contributed by atoms with van der Waals surface area (Å²) in [6.45, 7) is 1.99. The van der Waals surface area contributed by atoms with Crippen LogP contribution in [0.3, 0.4) is 0 Å². The van der Waals surface area contributed by atoms with E-state index in [4.69, 9.17) is 5.73 Å². The molecule has 0 saturated heterocycles. The van der Waals surface area contributed by atoms with Gasteiger partial charge in [0, 0.05) is 29.6 Å². The van der Waals surface area contributed by atoms with Gasteiger partial charge in [0.25, 0.3) is 0 Å². The van der Waals surface area contributed by atoms with Crippen LogP contribution in [-0.4, -0.2) is 4.98 Å². The van der Waals surface area contributed by atoms with Gasteiger partial charge in [0.05, 0.1) is 0 Å². The molecule has 2 nitrogen and oxygen atoms in total. The Balaban J connectivity index is 2.32. The Hall–Kier alpha value is -1.83. The fourth-order valence-electron chi connectivity index (χ4n) is 1.65. The van der Waals surface area contributed by atoms with Gasteiger partial charge in [-0.1, -0.05) is 30.3 Å². The highest BCUT2D eigenvalue weighted by Gasteiger charge is 2.04. The molecule has 0 spiro atoms. The Bertz CT molecular complexity index is 429. The van der Waals surface area contributed by atoms with Crippen LogP contribution >= 0.6 is 0 Å². The predicted octanol–water partition coefficient (Wildman–Crippen LogP) is 2.56. The number of aromatic nitrogens is 1. The third-order valence-corrected chi connectivity index (χ3v) is 2.53. The normalized spacial score (nSPS) is 10.2. The van der Waals surface area contributed by atoms with E-state index in [9.17, 15) is 0 Å². The standard InChI is InChI=1S/C13H14N2/c1-10-12(13(14)7-8-15-10)9-11-5-3-2-4-6-11/h2-8H,9H2,1H3,(H2,14,15). The second-order valence-corrected chi connectivity index (χ2v) is 3.63. The van der Waals surface area contributed by atoms with E-state index in [1.54, 1.807) is 6.20 Å². The minimum absolute atomic E-state index is 0.825. The van der Waals surface area contributed by atoms with Gasteiger partial charge < -0.3 is 5.73 Å². The minimum Gasteiger partial charge on any atom is -0.398 e. The number of benzene rings is 1. The lowest BCUT2D eigenvalue weighted by Crippen LogP contribution is -2.00. The summed E-state index contributed by atoms with van der Waals surface area (Å²) >= 11 is 0. The van der Waals surface area contributed by atoms with Gasteiger partial charge in [-0.3, -0.25) is 4.98 Å². The van der Waals surface area contributed by atoms with Gasteiger partial charge >= 0.3 is 0 Å². The number of nitrogens with two attached hydrogens (primary N) is 1. The van der Waals surface area contributed by atoms with Crippen molar-refractivity contribution in [2.24, 2.45) is 0 Å². The Morgan fingerprint density at radius 2 is 1.87 bits per heavy atom. The zero-order valence-corrected chi connectivity index (χ0v) is 8.77. The van der Waals surface area contributed by atoms with Crippen LogP contribution < -0.4 is 5.73 Å². The molecule has 0 radical (unpaired) electrons. The molecule has 0 bridgehead atoms. The summed E-state index contributed by atoms with van der Waals surface area (Å²) in [5, 5.41) is 0. The van der Waals surface area contributed by atoms with Crippen molar-refractivity contribution in [1.82, 2.24) is 4.98 Å². The van der Waals surface area contributed by atoms with Gasteiger partial charge in [0.15, 0.2) is 0 Å². The summed E-state index contributed by atoms with van der Waals surface area (Å²) < 4.78 is 0. The largest absolute Gasteiger partial charge is 0.398 e. The first-order valence-electron chi connectivity index (χ1n) is 5.01. The van der Waals surface area contributed by atoms with Crippen LogP contribution in [0.25, 0.3) is 0 Å². The van der Waals surface area contributed by atoms with Crippen LogP contribution in [0.5, 0.6) is 0 Å². The van der Waals surface area contributed by atoms with Crippen molar-refractivity contribution < 1.29 is 0 Å². The average molecular weight is 198 g/mol. The molecule has 1 heterocycles. The Kier molecular flexibility index (Phi) is 2.68. The van der Waals surface area contributed by atoms with Crippen molar-refractivity contribution in [2.75, 3.05) is 5.73 Å². The van der Waals surface area contributed by atoms with E-state index in [1.165, 1.54) is 5.56 Å². The van der Waals surface area contributed by atoms with Gasteiger partial charge in [-0.25, -0.2) is 0 Å². The molecule has 2 heteroatoms. The second kappa shape index (κ2) is 4.13. The van der Waals surface area contributed by atoms with E-state index < -0.39 is 0 Å². The van der Waals surface area contributed by atoms with Crippen LogP contribution in [0.15, 0.2) is 42.6 Å². The van der Waals surface area contributed by atoms with Crippen LogP contribution in [0, 0.1) is 6.92 Å². The molecular formula is C13H14N2. The van der Waals surface area contributed by atoms with E-state index in [-0.39, 0.29) is 0 Å². The maximum absolute atomic E-state index is 5.93. The lowest BCUT2D eigenvalue weighted by molar-refractivity contribution is 1.08. The monoisotopic (exact) mass is 198 g/mol. The number of hydrogen-bond acceptors (Lipinski definition) is 2. The molecule has 1 aromatic carbocycles. The first kappa shape index (κ1) is 9.71. The van der Waals surface area contributed by atoms with Crippen LogP contribution in [0.2, 0.25) is 0 Å². The molecule has 0 fully saturated rings. The third kappa shape index (κ3) is 2.15. The average Bonchev–Trinajstić information content (AvgIpc) is 2.25.